The molecule has 9 heteroatoms. The maximum atomic E-state index is 13.1. The zero-order chi connectivity index (χ0) is 17.5. The van der Waals surface area contributed by atoms with E-state index in [1.54, 1.807) is 0 Å². The van der Waals surface area contributed by atoms with Crippen molar-refractivity contribution in [3.05, 3.63) is 35.4 Å². The summed E-state index contributed by atoms with van der Waals surface area (Å²) in [6, 6.07) is 2.80. The van der Waals surface area contributed by atoms with E-state index < -0.39 is 27.6 Å². The third-order valence-corrected chi connectivity index (χ3v) is 4.36. The smallest absolute Gasteiger partial charge is 0.251 e. The highest BCUT2D eigenvalue weighted by Gasteiger charge is 2.16. The molecule has 0 unspecified atom stereocenters. The van der Waals surface area contributed by atoms with E-state index in [0.29, 0.717) is 13.0 Å². The normalized spacial score (nSPS) is 11.7. The highest BCUT2D eigenvalue weighted by Crippen LogP contribution is 2.08. The second-order valence-corrected chi connectivity index (χ2v) is 6.88. The molecule has 0 atom stereocenters. The van der Waals surface area contributed by atoms with Gasteiger partial charge in [0.05, 0.1) is 6.26 Å². The van der Waals surface area contributed by atoms with Gasteiger partial charge in [-0.2, -0.15) is 0 Å². The van der Waals surface area contributed by atoms with Crippen molar-refractivity contribution in [2.75, 3.05) is 39.6 Å². The number of amides is 1. The summed E-state index contributed by atoms with van der Waals surface area (Å²) in [6.45, 7) is 0.830. The fourth-order valence-corrected chi connectivity index (χ4v) is 2.75. The van der Waals surface area contributed by atoms with E-state index >= 15 is 0 Å². The molecule has 0 aromatic heterocycles. The summed E-state index contributed by atoms with van der Waals surface area (Å²) in [5, 5.41) is 2.47. The Labute approximate surface area is 134 Å². The van der Waals surface area contributed by atoms with Crippen LogP contribution >= 0.6 is 0 Å². The molecule has 0 fully saturated rings. The summed E-state index contributed by atoms with van der Waals surface area (Å²) in [6.07, 6.45) is 1.61. The van der Waals surface area contributed by atoms with E-state index in [1.807, 2.05) is 0 Å². The van der Waals surface area contributed by atoms with Crippen molar-refractivity contribution >= 4 is 15.9 Å². The molecule has 0 aliphatic heterocycles. The number of carbonyl (C=O) groups excluding carboxylic acids is 1. The van der Waals surface area contributed by atoms with Crippen molar-refractivity contribution < 1.29 is 26.7 Å². The average molecular weight is 350 g/mol. The number of rotatable bonds is 9. The topological polar surface area (TPSA) is 75.7 Å². The molecular formula is C14H20F2N2O4S. The highest BCUT2D eigenvalue weighted by molar-refractivity contribution is 7.88. The molecule has 1 rings (SSSR count). The van der Waals surface area contributed by atoms with Crippen LogP contribution in [0.2, 0.25) is 0 Å². The van der Waals surface area contributed by atoms with Crippen molar-refractivity contribution in [3.63, 3.8) is 0 Å². The third-order valence-electron chi connectivity index (χ3n) is 3.05. The van der Waals surface area contributed by atoms with E-state index in [-0.39, 0.29) is 25.2 Å². The SMILES string of the molecule is COCCCN(CCNC(=O)c1ccc(F)c(F)c1)S(C)(=O)=O. The minimum Gasteiger partial charge on any atom is -0.385 e. The van der Waals surface area contributed by atoms with Gasteiger partial charge in [0.15, 0.2) is 11.6 Å². The second kappa shape index (κ2) is 8.90. The van der Waals surface area contributed by atoms with Crippen LogP contribution < -0.4 is 5.32 Å². The van der Waals surface area contributed by atoms with Crippen molar-refractivity contribution in [3.8, 4) is 0 Å². The first-order chi connectivity index (χ1) is 10.8. The molecule has 0 spiro atoms. The van der Waals surface area contributed by atoms with Crippen LogP contribution in [0.3, 0.4) is 0 Å². The lowest BCUT2D eigenvalue weighted by molar-refractivity contribution is 0.0950. The number of sulfonamides is 1. The van der Waals surface area contributed by atoms with Crippen molar-refractivity contribution in [2.24, 2.45) is 0 Å². The summed E-state index contributed by atoms with van der Waals surface area (Å²) in [7, 11) is -1.88. The molecule has 130 valence electrons. The van der Waals surface area contributed by atoms with Gasteiger partial charge in [0, 0.05) is 38.9 Å². The van der Waals surface area contributed by atoms with Crippen molar-refractivity contribution in [1.82, 2.24) is 9.62 Å². The van der Waals surface area contributed by atoms with Crippen LogP contribution in [-0.2, 0) is 14.8 Å². The summed E-state index contributed by atoms with van der Waals surface area (Å²) in [4.78, 5) is 11.8. The third kappa shape index (κ3) is 6.59. The minimum absolute atomic E-state index is 0.0332. The van der Waals surface area contributed by atoms with Crippen LogP contribution in [0.25, 0.3) is 0 Å². The number of ether oxygens (including phenoxy) is 1. The zero-order valence-corrected chi connectivity index (χ0v) is 13.8. The number of nitrogens with zero attached hydrogens (tertiary/aromatic N) is 1. The fourth-order valence-electron chi connectivity index (χ4n) is 1.86. The molecule has 1 aromatic carbocycles. The molecule has 0 radical (unpaired) electrons. The van der Waals surface area contributed by atoms with Gasteiger partial charge in [-0.3, -0.25) is 4.79 Å². The Morgan fingerprint density at radius 1 is 1.26 bits per heavy atom. The molecule has 0 heterocycles. The predicted octanol–water partition coefficient (Wildman–Crippen LogP) is 0.993. The molecule has 23 heavy (non-hydrogen) atoms. The Balaban J connectivity index is 2.54. The van der Waals surface area contributed by atoms with E-state index in [1.165, 1.54) is 11.4 Å². The van der Waals surface area contributed by atoms with Gasteiger partial charge in [0.1, 0.15) is 0 Å². The van der Waals surface area contributed by atoms with Gasteiger partial charge in [0.25, 0.3) is 5.91 Å². The molecule has 0 aliphatic carbocycles. The lowest BCUT2D eigenvalue weighted by Crippen LogP contribution is -2.38. The fraction of sp³-hybridized carbons (Fsp3) is 0.500. The Morgan fingerprint density at radius 2 is 1.96 bits per heavy atom. The van der Waals surface area contributed by atoms with E-state index in [4.69, 9.17) is 4.74 Å². The Morgan fingerprint density at radius 3 is 2.52 bits per heavy atom. The van der Waals surface area contributed by atoms with Crippen LogP contribution in [-0.4, -0.2) is 58.2 Å². The Hall–Kier alpha value is -1.58. The summed E-state index contributed by atoms with van der Waals surface area (Å²) >= 11 is 0. The highest BCUT2D eigenvalue weighted by atomic mass is 32.2. The first-order valence-corrected chi connectivity index (χ1v) is 8.78. The first-order valence-electron chi connectivity index (χ1n) is 6.93. The predicted molar refractivity (Wildman–Crippen MR) is 81.6 cm³/mol. The van der Waals surface area contributed by atoms with Crippen LogP contribution in [0, 0.1) is 11.6 Å². The molecule has 1 amide bonds. The molecule has 6 nitrogen and oxygen atoms in total. The van der Waals surface area contributed by atoms with Crippen LogP contribution in [0.1, 0.15) is 16.8 Å². The molecular weight excluding hydrogens is 330 g/mol. The number of nitrogens with one attached hydrogen (secondary N) is 1. The maximum Gasteiger partial charge on any atom is 0.251 e. The number of hydrogen-bond donors (Lipinski definition) is 1. The number of methoxy groups -OCH3 is 1. The molecule has 1 aromatic rings. The average Bonchev–Trinajstić information content (AvgIpc) is 2.47. The first kappa shape index (κ1) is 19.5. The van der Waals surface area contributed by atoms with Gasteiger partial charge in [-0.05, 0) is 24.6 Å². The molecule has 0 saturated heterocycles. The minimum atomic E-state index is -3.40. The largest absolute Gasteiger partial charge is 0.385 e. The lowest BCUT2D eigenvalue weighted by Gasteiger charge is -2.20. The van der Waals surface area contributed by atoms with Crippen LogP contribution in [0.4, 0.5) is 8.78 Å². The Kier molecular flexibility index (Phi) is 7.53. The quantitative estimate of drug-likeness (QED) is 0.674. The summed E-state index contributed by atoms with van der Waals surface area (Å²) < 4.78 is 55.2. The second-order valence-electron chi connectivity index (χ2n) is 4.89. The van der Waals surface area contributed by atoms with Gasteiger partial charge in [-0.15, -0.1) is 0 Å². The van der Waals surface area contributed by atoms with Crippen molar-refractivity contribution in [1.29, 1.82) is 0 Å². The van der Waals surface area contributed by atoms with Crippen LogP contribution in [0.15, 0.2) is 18.2 Å². The number of hydrogen-bond acceptors (Lipinski definition) is 4. The van der Waals surface area contributed by atoms with Gasteiger partial charge in [-0.25, -0.2) is 21.5 Å². The van der Waals surface area contributed by atoms with Gasteiger partial charge in [0.2, 0.25) is 10.0 Å². The standard InChI is InChI=1S/C14H20F2N2O4S/c1-22-9-3-7-18(23(2,20)21)8-6-17-14(19)11-4-5-12(15)13(16)10-11/h4-5,10H,3,6-9H2,1-2H3,(H,17,19). The number of benzene rings is 1. The summed E-state index contributed by atoms with van der Waals surface area (Å²) in [5.41, 5.74) is -0.0332. The Bertz CT molecular complexity index is 638. The number of halogens is 2. The monoisotopic (exact) mass is 350 g/mol. The lowest BCUT2D eigenvalue weighted by atomic mass is 10.2. The van der Waals surface area contributed by atoms with Gasteiger partial charge < -0.3 is 10.1 Å². The summed E-state index contributed by atoms with van der Waals surface area (Å²) in [5.74, 6) is -2.76. The van der Waals surface area contributed by atoms with Crippen LogP contribution in [0.5, 0.6) is 0 Å². The van der Waals surface area contributed by atoms with E-state index in [0.717, 1.165) is 24.5 Å². The maximum absolute atomic E-state index is 13.1. The van der Waals surface area contributed by atoms with E-state index in [2.05, 4.69) is 5.32 Å². The van der Waals surface area contributed by atoms with Gasteiger partial charge >= 0.3 is 0 Å². The molecule has 0 saturated carbocycles. The molecule has 0 aliphatic rings. The zero-order valence-electron chi connectivity index (χ0n) is 13.0. The molecule has 1 N–H and O–H groups in total. The van der Waals surface area contributed by atoms with Crippen molar-refractivity contribution in [2.45, 2.75) is 6.42 Å². The van der Waals surface area contributed by atoms with E-state index in [9.17, 15) is 22.0 Å². The number of carbonyl (C=O) groups is 1. The molecule has 0 bridgehead atoms. The van der Waals surface area contributed by atoms with Gasteiger partial charge in [-0.1, -0.05) is 0 Å².